The van der Waals surface area contributed by atoms with E-state index in [1.54, 1.807) is 5.38 Å². The molecular formula is C13H17N3O4S. The van der Waals surface area contributed by atoms with Crippen LogP contribution in [0.2, 0.25) is 0 Å². The van der Waals surface area contributed by atoms with Gasteiger partial charge in [-0.1, -0.05) is 6.92 Å². The fraction of sp³-hybridized carbons (Fsp3) is 0.538. The Bertz CT molecular complexity index is 557. The van der Waals surface area contributed by atoms with Crippen molar-refractivity contribution < 1.29 is 19.5 Å². The Labute approximate surface area is 125 Å². The van der Waals surface area contributed by atoms with Crippen molar-refractivity contribution in [2.45, 2.75) is 26.2 Å². The summed E-state index contributed by atoms with van der Waals surface area (Å²) in [7, 11) is 0. The third kappa shape index (κ3) is 4.82. The summed E-state index contributed by atoms with van der Waals surface area (Å²) >= 11 is 1.18. The Morgan fingerprint density at radius 1 is 1.48 bits per heavy atom. The molecule has 0 aliphatic heterocycles. The van der Waals surface area contributed by atoms with Crippen molar-refractivity contribution in [1.29, 1.82) is 0 Å². The van der Waals surface area contributed by atoms with E-state index < -0.39 is 5.97 Å². The van der Waals surface area contributed by atoms with Crippen LogP contribution in [0.5, 0.6) is 0 Å². The lowest BCUT2D eigenvalue weighted by Crippen LogP contribution is -2.29. The van der Waals surface area contributed by atoms with E-state index in [0.29, 0.717) is 23.3 Å². The summed E-state index contributed by atoms with van der Waals surface area (Å²) < 4.78 is 0. The van der Waals surface area contributed by atoms with Gasteiger partial charge in [-0.15, -0.1) is 11.3 Å². The number of carbonyl (C=O) groups is 3. The molecule has 114 valence electrons. The smallest absolute Gasteiger partial charge is 0.309 e. The summed E-state index contributed by atoms with van der Waals surface area (Å²) in [4.78, 5) is 37.7. The number of aromatic nitrogens is 1. The zero-order valence-corrected chi connectivity index (χ0v) is 12.4. The molecule has 1 fully saturated rings. The van der Waals surface area contributed by atoms with E-state index in [0.717, 1.165) is 6.42 Å². The molecule has 1 saturated carbocycles. The predicted molar refractivity (Wildman–Crippen MR) is 77.0 cm³/mol. The number of carboxylic acids is 1. The van der Waals surface area contributed by atoms with Crippen molar-refractivity contribution in [3.63, 3.8) is 0 Å². The Morgan fingerprint density at radius 3 is 2.81 bits per heavy atom. The van der Waals surface area contributed by atoms with Gasteiger partial charge in [0.1, 0.15) is 0 Å². The van der Waals surface area contributed by atoms with Crippen LogP contribution in [0.1, 0.15) is 25.5 Å². The molecule has 1 aromatic heterocycles. The Hall–Kier alpha value is -1.96. The van der Waals surface area contributed by atoms with Crippen LogP contribution in [0.3, 0.4) is 0 Å². The number of nitrogens with zero attached hydrogens (tertiary/aromatic N) is 1. The summed E-state index contributed by atoms with van der Waals surface area (Å²) in [5.41, 5.74) is 0.416. The molecule has 2 atom stereocenters. The van der Waals surface area contributed by atoms with Crippen molar-refractivity contribution >= 4 is 34.3 Å². The van der Waals surface area contributed by atoms with Crippen LogP contribution in [-0.2, 0) is 20.8 Å². The quantitative estimate of drug-likeness (QED) is 0.692. The standard InChI is InChI=1S/C13H17N3O4S/c1-7-4-9(7)12(20)14-3-2-10(17)16-13-15-8(6-21-13)5-11(18)19/h6-7,9H,2-5H2,1H3,(H,14,20)(H,18,19)(H,15,16,17). The molecule has 2 amide bonds. The van der Waals surface area contributed by atoms with Crippen LogP contribution in [0.4, 0.5) is 5.13 Å². The number of carboxylic acid groups (broad SMARTS) is 1. The Balaban J connectivity index is 1.68. The van der Waals surface area contributed by atoms with Gasteiger partial charge in [0.2, 0.25) is 11.8 Å². The number of amides is 2. The average Bonchev–Trinajstić information content (AvgIpc) is 2.97. The third-order valence-electron chi connectivity index (χ3n) is 3.23. The van der Waals surface area contributed by atoms with Gasteiger partial charge in [0.15, 0.2) is 5.13 Å². The van der Waals surface area contributed by atoms with E-state index in [9.17, 15) is 14.4 Å². The number of thiazole rings is 1. The lowest BCUT2D eigenvalue weighted by atomic mass is 10.3. The summed E-state index contributed by atoms with van der Waals surface area (Å²) in [6, 6.07) is 0. The molecule has 1 aliphatic carbocycles. The van der Waals surface area contributed by atoms with Crippen LogP contribution in [0.15, 0.2) is 5.38 Å². The lowest BCUT2D eigenvalue weighted by molar-refractivity contribution is -0.136. The van der Waals surface area contributed by atoms with Crippen LogP contribution in [0, 0.1) is 11.8 Å². The summed E-state index contributed by atoms with van der Waals surface area (Å²) in [5, 5.41) is 15.9. The number of carbonyl (C=O) groups excluding carboxylic acids is 2. The van der Waals surface area contributed by atoms with Gasteiger partial charge in [0, 0.05) is 24.3 Å². The normalized spacial score (nSPS) is 19.9. The van der Waals surface area contributed by atoms with E-state index in [2.05, 4.69) is 15.6 Å². The van der Waals surface area contributed by atoms with Crippen molar-refractivity contribution in [2.75, 3.05) is 11.9 Å². The maximum absolute atomic E-state index is 11.7. The molecule has 0 spiro atoms. The summed E-state index contributed by atoms with van der Waals surface area (Å²) in [5.74, 6) is -0.661. The molecule has 3 N–H and O–H groups in total. The van der Waals surface area contributed by atoms with Crippen LogP contribution in [-0.4, -0.2) is 34.4 Å². The fourth-order valence-corrected chi connectivity index (χ4v) is 2.63. The highest BCUT2D eigenvalue weighted by molar-refractivity contribution is 7.13. The molecule has 1 aliphatic rings. The second kappa shape index (κ2) is 6.66. The molecule has 0 saturated heterocycles. The van der Waals surface area contributed by atoms with Crippen LogP contribution in [0.25, 0.3) is 0 Å². The van der Waals surface area contributed by atoms with Gasteiger partial charge in [0.25, 0.3) is 0 Å². The number of hydrogen-bond acceptors (Lipinski definition) is 5. The van der Waals surface area contributed by atoms with Gasteiger partial charge in [-0.25, -0.2) is 4.98 Å². The SMILES string of the molecule is CC1CC1C(=O)NCCC(=O)Nc1nc(CC(=O)O)cs1. The Kier molecular flexibility index (Phi) is 4.89. The second-order valence-electron chi connectivity index (χ2n) is 5.12. The number of rotatable bonds is 7. The van der Waals surface area contributed by atoms with Crippen molar-refractivity contribution in [1.82, 2.24) is 10.3 Å². The fourth-order valence-electron chi connectivity index (χ4n) is 1.90. The minimum absolute atomic E-state index is 0.00768. The van der Waals surface area contributed by atoms with Crippen molar-refractivity contribution in [2.24, 2.45) is 11.8 Å². The highest BCUT2D eigenvalue weighted by Gasteiger charge is 2.38. The van der Waals surface area contributed by atoms with Gasteiger partial charge in [0.05, 0.1) is 12.1 Å². The molecule has 21 heavy (non-hydrogen) atoms. The van der Waals surface area contributed by atoms with E-state index in [1.807, 2.05) is 6.92 Å². The highest BCUT2D eigenvalue weighted by Crippen LogP contribution is 2.37. The lowest BCUT2D eigenvalue weighted by Gasteiger charge is -2.04. The Morgan fingerprint density at radius 2 is 2.19 bits per heavy atom. The first kappa shape index (κ1) is 15.4. The third-order valence-corrected chi connectivity index (χ3v) is 4.03. The zero-order valence-electron chi connectivity index (χ0n) is 11.6. The molecule has 7 nitrogen and oxygen atoms in total. The zero-order chi connectivity index (χ0) is 15.4. The van der Waals surface area contributed by atoms with E-state index in [1.165, 1.54) is 11.3 Å². The molecule has 1 aromatic rings. The van der Waals surface area contributed by atoms with Gasteiger partial charge in [-0.2, -0.15) is 0 Å². The minimum atomic E-state index is -0.963. The largest absolute Gasteiger partial charge is 0.481 e. The average molecular weight is 311 g/mol. The van der Waals surface area contributed by atoms with E-state index in [-0.39, 0.29) is 30.6 Å². The molecule has 2 unspecified atom stereocenters. The van der Waals surface area contributed by atoms with Crippen molar-refractivity contribution in [3.8, 4) is 0 Å². The first-order valence-corrected chi connectivity index (χ1v) is 7.57. The van der Waals surface area contributed by atoms with Gasteiger partial charge in [-0.3, -0.25) is 14.4 Å². The molecule has 8 heteroatoms. The number of hydrogen-bond donors (Lipinski definition) is 3. The van der Waals surface area contributed by atoms with Crippen LogP contribution < -0.4 is 10.6 Å². The first-order valence-electron chi connectivity index (χ1n) is 6.69. The minimum Gasteiger partial charge on any atom is -0.481 e. The van der Waals surface area contributed by atoms with Crippen LogP contribution >= 0.6 is 11.3 Å². The molecular weight excluding hydrogens is 294 g/mol. The summed E-state index contributed by atoms with van der Waals surface area (Å²) in [6.07, 6.45) is 0.923. The predicted octanol–water partition coefficient (Wildman–Crippen LogP) is 0.871. The molecule has 0 radical (unpaired) electrons. The second-order valence-corrected chi connectivity index (χ2v) is 5.98. The van der Waals surface area contributed by atoms with Gasteiger partial charge in [-0.05, 0) is 12.3 Å². The maximum atomic E-state index is 11.7. The highest BCUT2D eigenvalue weighted by atomic mass is 32.1. The number of aliphatic carboxylic acids is 1. The van der Waals surface area contributed by atoms with Gasteiger partial charge >= 0.3 is 5.97 Å². The molecule has 0 bridgehead atoms. The molecule has 2 rings (SSSR count). The van der Waals surface area contributed by atoms with E-state index >= 15 is 0 Å². The molecule has 1 heterocycles. The number of anilines is 1. The first-order chi connectivity index (χ1) is 9.95. The van der Waals surface area contributed by atoms with Gasteiger partial charge < -0.3 is 15.7 Å². The van der Waals surface area contributed by atoms with E-state index in [4.69, 9.17) is 5.11 Å². The molecule has 0 aromatic carbocycles. The van der Waals surface area contributed by atoms with Crippen molar-refractivity contribution in [3.05, 3.63) is 11.1 Å². The topological polar surface area (TPSA) is 108 Å². The number of nitrogens with one attached hydrogen (secondary N) is 2. The summed E-state index contributed by atoms with van der Waals surface area (Å²) in [6.45, 7) is 2.31. The maximum Gasteiger partial charge on any atom is 0.309 e. The monoisotopic (exact) mass is 311 g/mol.